The minimum atomic E-state index is -0.635. The summed E-state index contributed by atoms with van der Waals surface area (Å²) in [6.07, 6.45) is 1.86. The average Bonchev–Trinajstić information content (AvgIpc) is 3.12. The summed E-state index contributed by atoms with van der Waals surface area (Å²) in [4.78, 5) is 32.1. The number of fused-ring (bicyclic) bond motifs is 1. The molecule has 1 aliphatic heterocycles. The van der Waals surface area contributed by atoms with Gasteiger partial charge in [0.05, 0.1) is 28.5 Å². The number of hydrogen-bond acceptors (Lipinski definition) is 6. The molecule has 200 valence electrons. The molecule has 4 rings (SSSR count). The molecule has 0 aliphatic carbocycles. The molecule has 0 fully saturated rings. The van der Waals surface area contributed by atoms with Gasteiger partial charge in [0.2, 0.25) is 0 Å². The number of carbonyl (C=O) groups is 1. The minimum absolute atomic E-state index is 0.223. The molecule has 1 aromatic heterocycles. The molecule has 2 aromatic carbocycles. The molecule has 0 amide bonds. The second-order valence-electron chi connectivity index (χ2n) is 11.7. The largest absolute Gasteiger partial charge is 0.507 e. The van der Waals surface area contributed by atoms with Crippen molar-refractivity contribution in [3.8, 4) is 5.75 Å². The quantitative estimate of drug-likeness (QED) is 0.474. The van der Waals surface area contributed by atoms with Crippen LogP contribution in [0.2, 0.25) is 0 Å². The molecule has 0 spiro atoms. The van der Waals surface area contributed by atoms with Gasteiger partial charge in [0.1, 0.15) is 5.75 Å². The van der Waals surface area contributed by atoms with E-state index in [1.54, 1.807) is 18.4 Å². The van der Waals surface area contributed by atoms with E-state index in [2.05, 4.69) is 46.5 Å². The number of rotatable bonds is 4. The molecule has 6 nitrogen and oxygen atoms in total. The van der Waals surface area contributed by atoms with Gasteiger partial charge < -0.3 is 9.84 Å². The zero-order valence-corrected chi connectivity index (χ0v) is 24.2. The molecule has 38 heavy (non-hydrogen) atoms. The molecule has 3 aromatic rings. The van der Waals surface area contributed by atoms with Crippen LogP contribution in [0.25, 0.3) is 6.08 Å². The first-order valence-electron chi connectivity index (χ1n) is 12.9. The molecule has 0 radical (unpaired) electrons. The van der Waals surface area contributed by atoms with Crippen LogP contribution in [-0.2, 0) is 20.4 Å². The highest BCUT2D eigenvalue weighted by Gasteiger charge is 2.33. The van der Waals surface area contributed by atoms with Crippen molar-refractivity contribution in [3.05, 3.63) is 95.7 Å². The predicted molar refractivity (Wildman–Crippen MR) is 152 cm³/mol. The molecule has 0 saturated heterocycles. The Kier molecular flexibility index (Phi) is 7.28. The molecule has 0 saturated carbocycles. The third kappa shape index (κ3) is 5.12. The maximum atomic E-state index is 13.9. The fourth-order valence-corrected chi connectivity index (χ4v) is 5.82. The molecule has 1 atom stereocenters. The first-order valence-corrected chi connectivity index (χ1v) is 13.7. The zero-order valence-electron chi connectivity index (χ0n) is 23.4. The van der Waals surface area contributed by atoms with Gasteiger partial charge in [-0.25, -0.2) is 9.79 Å². The fraction of sp³-hybridized carbons (Fsp3) is 0.387. The Morgan fingerprint density at radius 3 is 2.18 bits per heavy atom. The highest BCUT2D eigenvalue weighted by atomic mass is 32.1. The van der Waals surface area contributed by atoms with Crippen LogP contribution in [0.5, 0.6) is 5.75 Å². The van der Waals surface area contributed by atoms with Gasteiger partial charge >= 0.3 is 5.97 Å². The van der Waals surface area contributed by atoms with Crippen molar-refractivity contribution >= 4 is 23.4 Å². The Balaban J connectivity index is 1.99. The maximum absolute atomic E-state index is 13.9. The summed E-state index contributed by atoms with van der Waals surface area (Å²) in [6, 6.07) is 12.8. The van der Waals surface area contributed by atoms with E-state index in [4.69, 9.17) is 4.74 Å². The monoisotopic (exact) mass is 532 g/mol. The van der Waals surface area contributed by atoms with Crippen molar-refractivity contribution < 1.29 is 14.6 Å². The Labute approximate surface area is 227 Å². The number of esters is 1. The number of aromatic hydroxyl groups is 1. The smallest absolute Gasteiger partial charge is 0.338 e. The first kappa shape index (κ1) is 27.6. The Bertz CT molecular complexity index is 1560. The lowest BCUT2D eigenvalue weighted by atomic mass is 9.78. The zero-order chi connectivity index (χ0) is 28.0. The lowest BCUT2D eigenvalue weighted by Gasteiger charge is -2.27. The van der Waals surface area contributed by atoms with Crippen molar-refractivity contribution in [2.24, 2.45) is 4.99 Å². The van der Waals surface area contributed by atoms with E-state index in [9.17, 15) is 14.7 Å². The molecule has 1 N–H and O–H groups in total. The van der Waals surface area contributed by atoms with Crippen molar-refractivity contribution in [2.75, 3.05) is 6.61 Å². The van der Waals surface area contributed by atoms with Crippen LogP contribution in [-0.4, -0.2) is 22.2 Å². The van der Waals surface area contributed by atoms with E-state index in [0.717, 1.165) is 22.3 Å². The number of benzene rings is 2. The second kappa shape index (κ2) is 10.0. The third-order valence-electron chi connectivity index (χ3n) is 6.68. The molecular formula is C31H36N2O4S. The SMILES string of the molecule is CCOC(=O)C1=C(C)N=c2s/c(=C\c3cc(C(C)(C)C)c(O)c(C(C)(C)C)c3)c(=O)n2[C@@H]1c1ccccc1. The van der Waals surface area contributed by atoms with E-state index in [-0.39, 0.29) is 23.0 Å². The number of allylic oxidation sites excluding steroid dienone is 1. The molecule has 2 heterocycles. The topological polar surface area (TPSA) is 80.9 Å². The van der Waals surface area contributed by atoms with Crippen LogP contribution < -0.4 is 14.9 Å². The summed E-state index contributed by atoms with van der Waals surface area (Å²) in [5, 5.41) is 11.1. The minimum Gasteiger partial charge on any atom is -0.507 e. The molecule has 0 unspecified atom stereocenters. The lowest BCUT2D eigenvalue weighted by molar-refractivity contribution is -0.139. The van der Waals surface area contributed by atoms with Gasteiger partial charge in [0.15, 0.2) is 4.80 Å². The summed E-state index contributed by atoms with van der Waals surface area (Å²) >= 11 is 1.30. The van der Waals surface area contributed by atoms with Crippen molar-refractivity contribution in [3.63, 3.8) is 0 Å². The van der Waals surface area contributed by atoms with E-state index < -0.39 is 12.0 Å². The van der Waals surface area contributed by atoms with Gasteiger partial charge in [-0.05, 0) is 54.0 Å². The van der Waals surface area contributed by atoms with Crippen molar-refractivity contribution in [1.82, 2.24) is 4.57 Å². The van der Waals surface area contributed by atoms with Crippen LogP contribution in [0.3, 0.4) is 0 Å². The average molecular weight is 533 g/mol. The Morgan fingerprint density at radius 2 is 1.66 bits per heavy atom. The Hall–Kier alpha value is -3.45. The summed E-state index contributed by atoms with van der Waals surface area (Å²) in [6.45, 7) is 16.1. The third-order valence-corrected chi connectivity index (χ3v) is 7.66. The number of aromatic nitrogens is 1. The van der Waals surface area contributed by atoms with Crippen molar-refractivity contribution in [2.45, 2.75) is 72.3 Å². The van der Waals surface area contributed by atoms with E-state index in [0.29, 0.717) is 26.4 Å². The van der Waals surface area contributed by atoms with Gasteiger partial charge in [-0.2, -0.15) is 0 Å². The summed E-state index contributed by atoms with van der Waals surface area (Å²) in [7, 11) is 0. The first-order chi connectivity index (χ1) is 17.7. The number of ether oxygens (including phenoxy) is 1. The van der Waals surface area contributed by atoms with Gasteiger partial charge in [-0.3, -0.25) is 9.36 Å². The lowest BCUT2D eigenvalue weighted by Crippen LogP contribution is -2.39. The number of nitrogens with zero attached hydrogens (tertiary/aromatic N) is 2. The molecule has 0 bridgehead atoms. The fourth-order valence-electron chi connectivity index (χ4n) is 4.78. The highest BCUT2D eigenvalue weighted by molar-refractivity contribution is 7.07. The highest BCUT2D eigenvalue weighted by Crippen LogP contribution is 2.40. The second-order valence-corrected chi connectivity index (χ2v) is 12.7. The number of carbonyl (C=O) groups excluding carboxylic acids is 1. The van der Waals surface area contributed by atoms with Gasteiger partial charge in [-0.1, -0.05) is 83.2 Å². The van der Waals surface area contributed by atoms with Gasteiger partial charge in [0, 0.05) is 11.1 Å². The van der Waals surface area contributed by atoms with Crippen LogP contribution in [0.1, 0.15) is 83.7 Å². The van der Waals surface area contributed by atoms with Crippen LogP contribution in [0, 0.1) is 0 Å². The Morgan fingerprint density at radius 1 is 1.08 bits per heavy atom. The summed E-state index contributed by atoms with van der Waals surface area (Å²) < 4.78 is 7.47. The van der Waals surface area contributed by atoms with Crippen LogP contribution in [0.4, 0.5) is 0 Å². The van der Waals surface area contributed by atoms with E-state index in [1.165, 1.54) is 11.3 Å². The number of hydrogen-bond donors (Lipinski definition) is 1. The van der Waals surface area contributed by atoms with E-state index in [1.807, 2.05) is 48.5 Å². The van der Waals surface area contributed by atoms with Crippen LogP contribution in [0.15, 0.2) is 63.5 Å². The van der Waals surface area contributed by atoms with Gasteiger partial charge in [-0.15, -0.1) is 0 Å². The van der Waals surface area contributed by atoms with Crippen LogP contribution >= 0.6 is 11.3 Å². The normalized spacial score (nSPS) is 16.3. The summed E-state index contributed by atoms with van der Waals surface area (Å²) in [5.74, 6) is -0.178. The number of phenols is 1. The summed E-state index contributed by atoms with van der Waals surface area (Å²) in [5.41, 5.74) is 3.40. The van der Waals surface area contributed by atoms with E-state index >= 15 is 0 Å². The molecular weight excluding hydrogens is 496 g/mol. The molecule has 1 aliphatic rings. The predicted octanol–water partition coefficient (Wildman–Crippen LogP) is 5.10. The number of thiazole rings is 1. The molecule has 7 heteroatoms. The van der Waals surface area contributed by atoms with Crippen molar-refractivity contribution in [1.29, 1.82) is 0 Å². The maximum Gasteiger partial charge on any atom is 0.338 e. The van der Waals surface area contributed by atoms with Gasteiger partial charge in [0.25, 0.3) is 5.56 Å². The standard InChI is InChI=1S/C31H36N2O4S/c1-9-37-28(36)24-18(2)32-29-33(25(24)20-13-11-10-12-14-20)27(35)23(38-29)17-19-15-21(30(3,4)5)26(34)22(16-19)31(6,7)8/h10-17,25,34H,9H2,1-8H3/b23-17-/t25-/m1/s1. The number of phenolic OH excluding ortho intramolecular Hbond substituents is 1.